The smallest absolute Gasteiger partial charge is 0.225 e. The van der Waals surface area contributed by atoms with Crippen LogP contribution in [0.15, 0.2) is 23.6 Å². The predicted octanol–water partition coefficient (Wildman–Crippen LogP) is 4.56. The molecule has 3 aromatic rings. The quantitative estimate of drug-likeness (QED) is 0.551. The summed E-state index contributed by atoms with van der Waals surface area (Å²) in [7, 11) is 7.58. The molecule has 6 nitrogen and oxygen atoms in total. The maximum absolute atomic E-state index is 6.29. The second kappa shape index (κ2) is 8.34. The zero-order valence-corrected chi connectivity index (χ0v) is 18.7. The molecule has 0 unspecified atom stereocenters. The van der Waals surface area contributed by atoms with Crippen molar-refractivity contribution < 1.29 is 9.47 Å². The Balaban J connectivity index is 1.81. The fourth-order valence-electron chi connectivity index (χ4n) is 3.92. The number of ether oxygens (including phenoxy) is 2. The molecule has 0 bridgehead atoms. The Morgan fingerprint density at radius 1 is 1.14 bits per heavy atom. The lowest BCUT2D eigenvalue weighted by Gasteiger charge is -2.36. The van der Waals surface area contributed by atoms with Gasteiger partial charge in [0, 0.05) is 24.0 Å². The van der Waals surface area contributed by atoms with Crippen LogP contribution in [0.1, 0.15) is 12.8 Å². The lowest BCUT2D eigenvalue weighted by atomic mass is 10.0. The Kier molecular flexibility index (Phi) is 5.81. The van der Waals surface area contributed by atoms with Gasteiger partial charge in [-0.1, -0.05) is 6.07 Å². The summed E-state index contributed by atoms with van der Waals surface area (Å²) >= 11 is 7.87. The van der Waals surface area contributed by atoms with E-state index >= 15 is 0 Å². The Morgan fingerprint density at radius 2 is 1.86 bits per heavy atom. The average Bonchev–Trinajstić information content (AvgIpc) is 3.16. The number of anilines is 1. The van der Waals surface area contributed by atoms with Crippen LogP contribution in [-0.4, -0.2) is 62.3 Å². The number of piperidine rings is 1. The van der Waals surface area contributed by atoms with E-state index in [9.17, 15) is 0 Å². The van der Waals surface area contributed by atoms with Crippen molar-refractivity contribution in [1.29, 1.82) is 0 Å². The van der Waals surface area contributed by atoms with Crippen LogP contribution in [0.3, 0.4) is 0 Å². The van der Waals surface area contributed by atoms with Crippen LogP contribution in [0, 0.1) is 0 Å². The van der Waals surface area contributed by atoms with Gasteiger partial charge < -0.3 is 19.3 Å². The van der Waals surface area contributed by atoms with Gasteiger partial charge in [0.05, 0.1) is 19.6 Å². The van der Waals surface area contributed by atoms with Crippen molar-refractivity contribution >= 4 is 39.0 Å². The lowest BCUT2D eigenvalue weighted by Crippen LogP contribution is -2.42. The molecule has 0 atom stereocenters. The first-order valence-electron chi connectivity index (χ1n) is 9.60. The second-order valence-electron chi connectivity index (χ2n) is 7.36. The molecule has 1 aliphatic heterocycles. The topological polar surface area (TPSA) is 50.7 Å². The van der Waals surface area contributed by atoms with E-state index in [1.54, 1.807) is 25.6 Å². The van der Waals surface area contributed by atoms with Gasteiger partial charge in [0.1, 0.15) is 10.6 Å². The van der Waals surface area contributed by atoms with Crippen molar-refractivity contribution in [1.82, 2.24) is 14.9 Å². The maximum atomic E-state index is 6.29. The molecule has 0 aliphatic carbocycles. The molecule has 1 aromatic carbocycles. The number of hydrogen-bond acceptors (Lipinski definition) is 7. The molecule has 0 N–H and O–H groups in total. The third-order valence-corrected chi connectivity index (χ3v) is 6.69. The normalized spacial score (nSPS) is 15.6. The fourth-order valence-corrected chi connectivity index (χ4v) is 5.08. The molecule has 1 saturated heterocycles. The van der Waals surface area contributed by atoms with E-state index in [4.69, 9.17) is 21.1 Å². The van der Waals surface area contributed by atoms with Crippen molar-refractivity contribution in [3.8, 4) is 22.6 Å². The number of rotatable bonds is 5. The molecule has 154 valence electrons. The highest BCUT2D eigenvalue weighted by atomic mass is 35.5. The summed E-state index contributed by atoms with van der Waals surface area (Å²) in [6.07, 6.45) is 2.21. The highest BCUT2D eigenvalue weighted by Gasteiger charge is 2.25. The highest BCUT2D eigenvalue weighted by molar-refractivity contribution is 7.17. The Bertz CT molecular complexity index is 1020. The minimum atomic E-state index is 0.285. The van der Waals surface area contributed by atoms with E-state index in [1.807, 2.05) is 18.2 Å². The Labute approximate surface area is 180 Å². The van der Waals surface area contributed by atoms with Crippen LogP contribution < -0.4 is 14.4 Å². The minimum Gasteiger partial charge on any atom is -0.493 e. The number of benzene rings is 1. The zero-order valence-electron chi connectivity index (χ0n) is 17.1. The van der Waals surface area contributed by atoms with Crippen LogP contribution in [0.5, 0.6) is 11.5 Å². The number of hydrogen-bond donors (Lipinski definition) is 0. The van der Waals surface area contributed by atoms with Crippen LogP contribution in [0.4, 0.5) is 5.82 Å². The standard InChI is InChI=1S/C21H25ClN4O2S/c1-25-9-7-14(8-10-25)26(2)19-18-15(12-29-20(18)24-21(22)23-19)13-5-6-16(27-3)17(11-13)28-4/h5-6,11-12,14H,7-10H2,1-4H3. The van der Waals surface area contributed by atoms with Gasteiger partial charge in [-0.15, -0.1) is 11.3 Å². The van der Waals surface area contributed by atoms with E-state index in [0.29, 0.717) is 17.5 Å². The number of methoxy groups -OCH3 is 2. The molecule has 0 spiro atoms. The first-order chi connectivity index (χ1) is 14.0. The van der Waals surface area contributed by atoms with Crippen LogP contribution in [0.25, 0.3) is 21.3 Å². The van der Waals surface area contributed by atoms with Gasteiger partial charge in [0.15, 0.2) is 11.5 Å². The third-order valence-electron chi connectivity index (χ3n) is 5.65. The monoisotopic (exact) mass is 432 g/mol. The summed E-state index contributed by atoms with van der Waals surface area (Å²) in [5, 5.41) is 3.43. The second-order valence-corrected chi connectivity index (χ2v) is 8.56. The highest BCUT2D eigenvalue weighted by Crippen LogP contribution is 2.42. The van der Waals surface area contributed by atoms with Crippen molar-refractivity contribution in [2.45, 2.75) is 18.9 Å². The number of thiophene rings is 1. The van der Waals surface area contributed by atoms with E-state index in [-0.39, 0.29) is 5.28 Å². The molecular formula is C21H25ClN4O2S. The van der Waals surface area contributed by atoms with E-state index in [2.05, 4.69) is 39.2 Å². The van der Waals surface area contributed by atoms with Crippen molar-refractivity contribution in [2.75, 3.05) is 46.3 Å². The van der Waals surface area contributed by atoms with E-state index < -0.39 is 0 Å². The Morgan fingerprint density at radius 3 is 2.55 bits per heavy atom. The lowest BCUT2D eigenvalue weighted by molar-refractivity contribution is 0.252. The summed E-state index contributed by atoms with van der Waals surface area (Å²) in [4.78, 5) is 14.7. The first kappa shape index (κ1) is 20.2. The summed E-state index contributed by atoms with van der Waals surface area (Å²) in [5.41, 5.74) is 2.12. The summed E-state index contributed by atoms with van der Waals surface area (Å²) < 4.78 is 10.9. The number of fused-ring (bicyclic) bond motifs is 1. The molecule has 1 fully saturated rings. The average molecular weight is 433 g/mol. The van der Waals surface area contributed by atoms with Gasteiger partial charge >= 0.3 is 0 Å². The molecular weight excluding hydrogens is 408 g/mol. The molecule has 2 aromatic heterocycles. The van der Waals surface area contributed by atoms with E-state index in [0.717, 1.165) is 53.1 Å². The van der Waals surface area contributed by atoms with Crippen LogP contribution in [-0.2, 0) is 0 Å². The molecule has 3 heterocycles. The number of nitrogens with zero attached hydrogens (tertiary/aromatic N) is 4. The van der Waals surface area contributed by atoms with Crippen molar-refractivity contribution in [3.05, 3.63) is 28.9 Å². The van der Waals surface area contributed by atoms with Gasteiger partial charge in [-0.05, 0) is 62.3 Å². The Hall–Kier alpha value is -2.09. The summed E-state index contributed by atoms with van der Waals surface area (Å²) in [5.74, 6) is 2.30. The molecule has 4 rings (SSSR count). The maximum Gasteiger partial charge on any atom is 0.225 e. The van der Waals surface area contributed by atoms with Crippen molar-refractivity contribution in [2.24, 2.45) is 0 Å². The van der Waals surface area contributed by atoms with Gasteiger partial charge in [0.2, 0.25) is 5.28 Å². The van der Waals surface area contributed by atoms with Gasteiger partial charge in [-0.2, -0.15) is 4.98 Å². The largest absolute Gasteiger partial charge is 0.493 e. The fraction of sp³-hybridized carbons (Fsp3) is 0.429. The molecule has 0 radical (unpaired) electrons. The van der Waals surface area contributed by atoms with E-state index in [1.165, 1.54) is 0 Å². The molecule has 1 aliphatic rings. The van der Waals surface area contributed by atoms with Gasteiger partial charge in [0.25, 0.3) is 0 Å². The van der Waals surface area contributed by atoms with Crippen molar-refractivity contribution in [3.63, 3.8) is 0 Å². The summed E-state index contributed by atoms with van der Waals surface area (Å²) in [6, 6.07) is 6.39. The van der Waals surface area contributed by atoms with Crippen LogP contribution >= 0.6 is 22.9 Å². The van der Waals surface area contributed by atoms with Gasteiger partial charge in [-0.3, -0.25) is 0 Å². The minimum absolute atomic E-state index is 0.285. The molecule has 0 amide bonds. The summed E-state index contributed by atoms with van der Waals surface area (Å²) in [6.45, 7) is 2.17. The number of halogens is 1. The zero-order chi connectivity index (χ0) is 20.5. The molecule has 0 saturated carbocycles. The third kappa shape index (κ3) is 3.86. The van der Waals surface area contributed by atoms with Crippen LogP contribution in [0.2, 0.25) is 5.28 Å². The molecule has 29 heavy (non-hydrogen) atoms. The van der Waals surface area contributed by atoms with Gasteiger partial charge in [-0.25, -0.2) is 4.98 Å². The number of aromatic nitrogens is 2. The number of likely N-dealkylation sites (tertiary alicyclic amines) is 1. The predicted molar refractivity (Wildman–Crippen MR) is 120 cm³/mol. The molecule has 8 heteroatoms. The SMILES string of the molecule is COc1ccc(-c2csc3nc(Cl)nc(N(C)C4CCN(C)CC4)c23)cc1OC. The first-order valence-corrected chi connectivity index (χ1v) is 10.9.